The van der Waals surface area contributed by atoms with Gasteiger partial charge >= 0.3 is 8.25 Å². The molecule has 1 aliphatic rings. The molecule has 1 unspecified atom stereocenters. The fraction of sp³-hybridized carbons (Fsp3) is 0.346. The van der Waals surface area contributed by atoms with E-state index in [0.717, 1.165) is 10.4 Å². The Morgan fingerprint density at radius 3 is 2.29 bits per heavy atom. The largest absolute Gasteiger partial charge is 0.694 e. The molecule has 3 N–H and O–H groups in total. The standard InChI is InChI=1S/C26H30N5O5PSi/c1-26(2,3)38(18-10-6-4-7-11-18,19-12-8-5-9-13-19)36-20-14-22(35-21(20)15-34-37(32)33)31-17-30-23-24(27)28-16-29-25(23)31/h4-13,16-17,20-22H,14-15H2,1-3H3,(H2-,27,28,29,32,33)/p+1/t20-,21+,22+/m0/s1. The molecule has 0 bridgehead atoms. The first kappa shape index (κ1) is 26.5. The van der Waals surface area contributed by atoms with Gasteiger partial charge in [0.15, 0.2) is 11.5 Å². The number of nitrogen functional groups attached to an aromatic ring is 1. The zero-order chi connectivity index (χ0) is 26.9. The normalized spacial score (nSPS) is 20.6. The van der Waals surface area contributed by atoms with Crippen LogP contribution >= 0.6 is 8.25 Å². The van der Waals surface area contributed by atoms with Crippen LogP contribution in [-0.2, 0) is 18.3 Å². The van der Waals surface area contributed by atoms with Crippen LogP contribution in [0.15, 0.2) is 73.3 Å². The van der Waals surface area contributed by atoms with Crippen molar-refractivity contribution in [1.29, 1.82) is 0 Å². The van der Waals surface area contributed by atoms with Crippen LogP contribution in [0.1, 0.15) is 33.4 Å². The lowest BCUT2D eigenvalue weighted by molar-refractivity contribution is -0.0358. The number of hydrogen-bond acceptors (Lipinski definition) is 8. The minimum atomic E-state index is -2.93. The second-order valence-electron chi connectivity index (χ2n) is 10.3. The lowest BCUT2D eigenvalue weighted by Crippen LogP contribution is -2.68. The fourth-order valence-electron chi connectivity index (χ4n) is 5.28. The zero-order valence-electron chi connectivity index (χ0n) is 21.5. The van der Waals surface area contributed by atoms with Crippen molar-refractivity contribution in [3.63, 3.8) is 0 Å². The highest BCUT2D eigenvalue weighted by atomic mass is 31.1. The summed E-state index contributed by atoms with van der Waals surface area (Å²) in [6.07, 6.45) is 1.91. The summed E-state index contributed by atoms with van der Waals surface area (Å²) < 4.78 is 32.1. The number of benzene rings is 2. The molecule has 1 saturated heterocycles. The summed E-state index contributed by atoms with van der Waals surface area (Å²) in [6.45, 7) is 6.50. The third-order valence-corrected chi connectivity index (χ3v) is 12.4. The molecule has 0 spiro atoms. The van der Waals surface area contributed by atoms with E-state index < -0.39 is 35.0 Å². The van der Waals surface area contributed by atoms with Gasteiger partial charge in [-0.2, -0.15) is 0 Å². The maximum absolute atomic E-state index is 11.5. The quantitative estimate of drug-likeness (QED) is 0.249. The molecule has 2 aromatic carbocycles. The van der Waals surface area contributed by atoms with Gasteiger partial charge in [0.2, 0.25) is 0 Å². The molecule has 38 heavy (non-hydrogen) atoms. The number of rotatable bonds is 8. The van der Waals surface area contributed by atoms with Gasteiger partial charge in [-0.25, -0.2) is 15.0 Å². The second-order valence-corrected chi connectivity index (χ2v) is 15.3. The van der Waals surface area contributed by atoms with Crippen LogP contribution in [0.3, 0.4) is 0 Å². The molecule has 0 amide bonds. The predicted molar refractivity (Wildman–Crippen MR) is 147 cm³/mol. The average molecular weight is 553 g/mol. The van der Waals surface area contributed by atoms with Gasteiger partial charge < -0.3 is 14.9 Å². The van der Waals surface area contributed by atoms with Crippen molar-refractivity contribution in [3.8, 4) is 0 Å². The summed E-state index contributed by atoms with van der Waals surface area (Å²) >= 11 is 0. The van der Waals surface area contributed by atoms with Crippen molar-refractivity contribution in [2.24, 2.45) is 0 Å². The van der Waals surface area contributed by atoms with Gasteiger partial charge in [-0.05, 0) is 15.4 Å². The zero-order valence-corrected chi connectivity index (χ0v) is 23.4. The van der Waals surface area contributed by atoms with Gasteiger partial charge in [0.05, 0.1) is 12.4 Å². The summed E-state index contributed by atoms with van der Waals surface area (Å²) in [4.78, 5) is 22.1. The Bertz CT molecular complexity index is 1380. The predicted octanol–water partition coefficient (Wildman–Crippen LogP) is 3.31. The van der Waals surface area contributed by atoms with Crippen LogP contribution in [0.5, 0.6) is 0 Å². The molecular formula is C26H31N5O5PSi+. The van der Waals surface area contributed by atoms with E-state index in [2.05, 4.69) is 60.0 Å². The summed E-state index contributed by atoms with van der Waals surface area (Å²) in [6, 6.07) is 20.6. The van der Waals surface area contributed by atoms with Gasteiger partial charge in [0.25, 0.3) is 8.32 Å². The Morgan fingerprint density at radius 2 is 1.71 bits per heavy atom. The number of nitrogens with zero attached hydrogens (tertiary/aromatic N) is 4. The van der Waals surface area contributed by atoms with Crippen molar-refractivity contribution >= 4 is 43.9 Å². The van der Waals surface area contributed by atoms with Crippen molar-refractivity contribution in [2.75, 3.05) is 12.3 Å². The first-order valence-electron chi connectivity index (χ1n) is 12.4. The SMILES string of the molecule is CC(C)(C)[Si](O[C@H]1C[C@H](n2cnc3c(N)ncnc32)O[C@@H]1CO[P+](=O)O)(c1ccccc1)c1ccccc1. The summed E-state index contributed by atoms with van der Waals surface area (Å²) in [7, 11) is -5.73. The number of hydrogen-bond donors (Lipinski definition) is 2. The van der Waals surface area contributed by atoms with Crippen molar-refractivity contribution in [1.82, 2.24) is 19.5 Å². The summed E-state index contributed by atoms with van der Waals surface area (Å²) in [5.41, 5.74) is 7.02. The monoisotopic (exact) mass is 552 g/mol. The van der Waals surface area contributed by atoms with E-state index in [0.29, 0.717) is 17.6 Å². The summed E-state index contributed by atoms with van der Waals surface area (Å²) in [5, 5.41) is 2.00. The van der Waals surface area contributed by atoms with E-state index in [1.54, 1.807) is 10.9 Å². The molecule has 4 atom stereocenters. The minimum absolute atomic E-state index is 0.102. The second kappa shape index (κ2) is 10.6. The van der Waals surface area contributed by atoms with Gasteiger partial charge in [-0.15, -0.1) is 9.42 Å². The van der Waals surface area contributed by atoms with E-state index in [4.69, 9.17) is 19.4 Å². The lowest BCUT2D eigenvalue weighted by Gasteiger charge is -2.45. The van der Waals surface area contributed by atoms with Crippen LogP contribution in [-0.4, -0.2) is 51.5 Å². The van der Waals surface area contributed by atoms with Crippen LogP contribution in [0.4, 0.5) is 5.82 Å². The maximum atomic E-state index is 11.5. The highest BCUT2D eigenvalue weighted by Gasteiger charge is 2.54. The van der Waals surface area contributed by atoms with E-state index in [1.165, 1.54) is 6.33 Å². The topological polar surface area (TPSA) is 135 Å². The third kappa shape index (κ3) is 4.89. The number of ether oxygens (including phenoxy) is 1. The van der Waals surface area contributed by atoms with E-state index >= 15 is 0 Å². The molecule has 10 nitrogen and oxygen atoms in total. The smallest absolute Gasteiger partial charge is 0.402 e. The first-order chi connectivity index (χ1) is 18.2. The number of aromatic nitrogens is 4. The molecule has 0 radical (unpaired) electrons. The molecule has 3 heterocycles. The van der Waals surface area contributed by atoms with E-state index in [-0.39, 0.29) is 17.5 Å². The molecule has 5 rings (SSSR count). The molecule has 1 aliphatic heterocycles. The van der Waals surface area contributed by atoms with Crippen LogP contribution in [0.2, 0.25) is 5.04 Å². The molecule has 0 saturated carbocycles. The number of nitrogens with two attached hydrogens (primary N) is 1. The van der Waals surface area contributed by atoms with E-state index in [9.17, 15) is 9.46 Å². The van der Waals surface area contributed by atoms with Crippen molar-refractivity contribution < 1.29 is 23.1 Å². The lowest BCUT2D eigenvalue weighted by atomic mass is 10.2. The molecule has 198 valence electrons. The molecule has 1 fully saturated rings. The highest BCUT2D eigenvalue weighted by Crippen LogP contribution is 2.42. The third-order valence-electron chi connectivity index (χ3n) is 6.97. The van der Waals surface area contributed by atoms with Gasteiger partial charge in [-0.1, -0.05) is 81.4 Å². The molecule has 2 aromatic heterocycles. The maximum Gasteiger partial charge on any atom is 0.694 e. The van der Waals surface area contributed by atoms with Gasteiger partial charge in [-0.3, -0.25) is 4.57 Å². The molecular weight excluding hydrogens is 521 g/mol. The number of fused-ring (bicyclic) bond motifs is 1. The molecule has 0 aliphatic carbocycles. The van der Waals surface area contributed by atoms with Crippen LogP contribution in [0.25, 0.3) is 11.2 Å². The van der Waals surface area contributed by atoms with Crippen molar-refractivity contribution in [2.45, 2.75) is 50.7 Å². The van der Waals surface area contributed by atoms with Crippen LogP contribution in [0, 0.1) is 0 Å². The first-order valence-corrected chi connectivity index (χ1v) is 15.4. The average Bonchev–Trinajstić information content (AvgIpc) is 3.51. The van der Waals surface area contributed by atoms with E-state index in [1.807, 2.05) is 36.4 Å². The number of imidazole rings is 1. The molecule has 12 heteroatoms. The van der Waals surface area contributed by atoms with Gasteiger partial charge in [0.1, 0.15) is 30.8 Å². The Hall–Kier alpha value is -3.05. The minimum Gasteiger partial charge on any atom is -0.402 e. The Morgan fingerprint density at radius 1 is 1.08 bits per heavy atom. The Labute approximate surface area is 222 Å². The van der Waals surface area contributed by atoms with Crippen LogP contribution < -0.4 is 16.1 Å². The highest BCUT2D eigenvalue weighted by molar-refractivity contribution is 7.32. The number of anilines is 1. The molecule has 4 aromatic rings. The fourth-order valence-corrected chi connectivity index (χ4v) is 10.3. The summed E-state index contributed by atoms with van der Waals surface area (Å²) in [5.74, 6) is 0.281. The van der Waals surface area contributed by atoms with Gasteiger partial charge in [0, 0.05) is 11.0 Å². The Kier molecular flexibility index (Phi) is 7.41. The Balaban J connectivity index is 1.58. The van der Waals surface area contributed by atoms with Crippen molar-refractivity contribution in [3.05, 3.63) is 73.3 Å².